The number of hydrazone groups is 1. The van der Waals surface area contributed by atoms with Gasteiger partial charge >= 0.3 is 5.97 Å². The quantitative estimate of drug-likeness (QED) is 0.208. The summed E-state index contributed by atoms with van der Waals surface area (Å²) in [6.45, 7) is 3.48. The van der Waals surface area contributed by atoms with E-state index in [-0.39, 0.29) is 13.2 Å². The first-order valence-corrected chi connectivity index (χ1v) is 11.3. The minimum absolute atomic E-state index is 0.242. The summed E-state index contributed by atoms with van der Waals surface area (Å²) in [5.74, 6) is -0.459. The summed E-state index contributed by atoms with van der Waals surface area (Å²) in [5, 5.41) is 10.4. The van der Waals surface area contributed by atoms with Gasteiger partial charge in [0.05, 0.1) is 24.4 Å². The van der Waals surface area contributed by atoms with E-state index in [2.05, 4.69) is 37.1 Å². The van der Waals surface area contributed by atoms with Crippen LogP contribution in [0.5, 0.6) is 5.75 Å². The number of para-hydroxylation sites is 1. The average Bonchev–Trinajstić information content (AvgIpc) is 2.77. The van der Waals surface area contributed by atoms with Gasteiger partial charge < -0.3 is 20.1 Å². The number of thiocarbonyl (C=S) groups is 1. The van der Waals surface area contributed by atoms with Crippen LogP contribution < -0.4 is 20.8 Å². The normalized spacial score (nSPS) is 15.6. The summed E-state index contributed by atoms with van der Waals surface area (Å²) in [7, 11) is 0. The van der Waals surface area contributed by atoms with E-state index < -0.39 is 17.9 Å². The van der Waals surface area contributed by atoms with Gasteiger partial charge in [-0.3, -0.25) is 4.79 Å². The number of hydrogen-bond donors (Lipinski definition) is 3. The highest BCUT2D eigenvalue weighted by Gasteiger charge is 2.32. The number of allylic oxidation sites excluding steroid dienone is 1. The molecular formula is C23H23BrN4O4S. The topological polar surface area (TPSA) is 101 Å². The predicted octanol–water partition coefficient (Wildman–Crippen LogP) is 3.33. The number of carbonyl (C=O) groups excluding carboxylic acids is 2. The highest BCUT2D eigenvalue weighted by atomic mass is 79.9. The number of carbonyl (C=O) groups is 2. The monoisotopic (exact) mass is 530 g/mol. The molecule has 0 saturated carbocycles. The second-order valence-electron chi connectivity index (χ2n) is 6.97. The molecule has 0 radical (unpaired) electrons. The first-order chi connectivity index (χ1) is 15.9. The minimum atomic E-state index is -0.591. The van der Waals surface area contributed by atoms with Crippen LogP contribution >= 0.6 is 28.1 Å². The summed E-state index contributed by atoms with van der Waals surface area (Å²) in [6, 6.07) is 14.0. The zero-order valence-corrected chi connectivity index (χ0v) is 20.5. The van der Waals surface area contributed by atoms with Gasteiger partial charge in [-0.25, -0.2) is 10.2 Å². The number of nitrogens with one attached hydrogen (secondary N) is 3. The molecule has 3 rings (SSSR count). The number of rotatable bonds is 8. The van der Waals surface area contributed by atoms with Crippen LogP contribution in [0.25, 0.3) is 0 Å². The molecule has 1 aliphatic rings. The Hall–Kier alpha value is -3.24. The van der Waals surface area contributed by atoms with Crippen LogP contribution in [0.4, 0.5) is 0 Å². The maximum absolute atomic E-state index is 12.6. The number of hydrogen-bond acceptors (Lipinski definition) is 6. The number of amides is 1. The molecule has 0 spiro atoms. The lowest BCUT2D eigenvalue weighted by Crippen LogP contribution is -2.45. The maximum Gasteiger partial charge on any atom is 0.338 e. The lowest BCUT2D eigenvalue weighted by molar-refractivity contribution is -0.139. The summed E-state index contributed by atoms with van der Waals surface area (Å²) in [5.41, 5.74) is 4.90. The van der Waals surface area contributed by atoms with Crippen LogP contribution in [0.1, 0.15) is 31.0 Å². The van der Waals surface area contributed by atoms with Gasteiger partial charge in [0.25, 0.3) is 5.91 Å². The molecule has 0 aliphatic carbocycles. The molecule has 1 atom stereocenters. The van der Waals surface area contributed by atoms with E-state index in [0.717, 1.165) is 10.0 Å². The number of esters is 1. The van der Waals surface area contributed by atoms with Crippen molar-refractivity contribution in [3.05, 3.63) is 75.4 Å². The van der Waals surface area contributed by atoms with Crippen LogP contribution in [-0.2, 0) is 14.3 Å². The lowest BCUT2D eigenvalue weighted by atomic mass is 9.95. The van der Waals surface area contributed by atoms with Crippen LogP contribution in [0.3, 0.4) is 0 Å². The van der Waals surface area contributed by atoms with E-state index in [1.807, 2.05) is 30.3 Å². The molecule has 33 heavy (non-hydrogen) atoms. The highest BCUT2D eigenvalue weighted by Crippen LogP contribution is 2.33. The van der Waals surface area contributed by atoms with Crippen molar-refractivity contribution < 1.29 is 19.1 Å². The van der Waals surface area contributed by atoms with E-state index in [0.29, 0.717) is 27.7 Å². The smallest absolute Gasteiger partial charge is 0.338 e. The van der Waals surface area contributed by atoms with Crippen molar-refractivity contribution >= 4 is 51.4 Å². The van der Waals surface area contributed by atoms with Gasteiger partial charge in [0.2, 0.25) is 0 Å². The SMILES string of the molecule is CCOC(=O)C1=C(C)NC(=S)N[C@H]1c1ccccc1OCC(=O)NN=Cc1cccc(Br)c1. The molecule has 0 bridgehead atoms. The summed E-state index contributed by atoms with van der Waals surface area (Å²) < 4.78 is 11.9. The van der Waals surface area contributed by atoms with Crippen molar-refractivity contribution in [1.29, 1.82) is 0 Å². The fourth-order valence-corrected chi connectivity index (χ4v) is 3.89. The molecule has 1 aliphatic heterocycles. The number of nitrogens with zero attached hydrogens (tertiary/aromatic N) is 1. The molecule has 0 aromatic heterocycles. The third-order valence-corrected chi connectivity index (χ3v) is 5.32. The van der Waals surface area contributed by atoms with Crippen molar-refractivity contribution in [3.63, 3.8) is 0 Å². The number of ether oxygens (including phenoxy) is 2. The zero-order chi connectivity index (χ0) is 23.8. The Morgan fingerprint density at radius 2 is 2.03 bits per heavy atom. The second-order valence-corrected chi connectivity index (χ2v) is 8.29. The Balaban J connectivity index is 1.72. The summed E-state index contributed by atoms with van der Waals surface area (Å²) in [4.78, 5) is 24.8. The van der Waals surface area contributed by atoms with E-state index in [1.54, 1.807) is 32.0 Å². The molecule has 0 fully saturated rings. The molecule has 3 N–H and O–H groups in total. The van der Waals surface area contributed by atoms with Crippen LogP contribution in [0.2, 0.25) is 0 Å². The Bertz CT molecular complexity index is 1120. The third kappa shape index (κ3) is 6.62. The van der Waals surface area contributed by atoms with Gasteiger partial charge in [0, 0.05) is 15.7 Å². The average molecular weight is 531 g/mol. The third-order valence-electron chi connectivity index (χ3n) is 4.60. The van der Waals surface area contributed by atoms with Gasteiger partial charge in [-0.05, 0) is 49.8 Å². The van der Waals surface area contributed by atoms with Crippen molar-refractivity contribution in [1.82, 2.24) is 16.1 Å². The van der Waals surface area contributed by atoms with Crippen molar-refractivity contribution in [2.75, 3.05) is 13.2 Å². The van der Waals surface area contributed by atoms with Gasteiger partial charge in [-0.1, -0.05) is 46.3 Å². The van der Waals surface area contributed by atoms with Crippen molar-refractivity contribution in [2.24, 2.45) is 5.10 Å². The van der Waals surface area contributed by atoms with E-state index >= 15 is 0 Å². The Kier molecular flexibility index (Phi) is 8.56. The molecule has 172 valence electrons. The van der Waals surface area contributed by atoms with Crippen LogP contribution in [-0.4, -0.2) is 36.4 Å². The Morgan fingerprint density at radius 3 is 2.79 bits per heavy atom. The van der Waals surface area contributed by atoms with Gasteiger partial charge in [-0.15, -0.1) is 0 Å². The van der Waals surface area contributed by atoms with Gasteiger partial charge in [0.1, 0.15) is 5.75 Å². The number of halogens is 1. The minimum Gasteiger partial charge on any atom is -0.483 e. The fraction of sp³-hybridized carbons (Fsp3) is 0.217. The highest BCUT2D eigenvalue weighted by molar-refractivity contribution is 9.10. The van der Waals surface area contributed by atoms with Crippen LogP contribution in [0, 0.1) is 0 Å². The van der Waals surface area contributed by atoms with E-state index in [4.69, 9.17) is 21.7 Å². The molecule has 10 heteroatoms. The van der Waals surface area contributed by atoms with Crippen molar-refractivity contribution in [2.45, 2.75) is 19.9 Å². The first kappa shape index (κ1) is 24.4. The molecule has 1 heterocycles. The Morgan fingerprint density at radius 1 is 1.24 bits per heavy atom. The first-order valence-electron chi connectivity index (χ1n) is 10.1. The summed E-state index contributed by atoms with van der Waals surface area (Å²) >= 11 is 8.66. The molecule has 0 unspecified atom stereocenters. The molecule has 2 aromatic carbocycles. The predicted molar refractivity (Wildman–Crippen MR) is 133 cm³/mol. The van der Waals surface area contributed by atoms with E-state index in [9.17, 15) is 9.59 Å². The lowest BCUT2D eigenvalue weighted by Gasteiger charge is -2.30. The van der Waals surface area contributed by atoms with Gasteiger partial charge in [0.15, 0.2) is 11.7 Å². The fourth-order valence-electron chi connectivity index (χ4n) is 3.20. The number of benzene rings is 2. The molecule has 1 amide bonds. The Labute approximate surface area is 205 Å². The van der Waals surface area contributed by atoms with Crippen LogP contribution in [0.15, 0.2) is 69.4 Å². The zero-order valence-electron chi connectivity index (χ0n) is 18.1. The largest absolute Gasteiger partial charge is 0.483 e. The molecular weight excluding hydrogens is 508 g/mol. The van der Waals surface area contributed by atoms with Crippen molar-refractivity contribution in [3.8, 4) is 5.75 Å². The molecule has 0 saturated heterocycles. The standard InChI is InChI=1S/C23H23BrN4O4S/c1-3-31-22(30)20-14(2)26-23(33)27-21(20)17-9-4-5-10-18(17)32-13-19(29)28-25-12-15-7-6-8-16(24)11-15/h4-12,21H,3,13H2,1-2H3,(H,28,29)(H2,26,27,33)/t21-/m0/s1. The van der Waals surface area contributed by atoms with E-state index in [1.165, 1.54) is 6.21 Å². The summed E-state index contributed by atoms with van der Waals surface area (Å²) in [6.07, 6.45) is 1.54. The molecule has 8 nitrogen and oxygen atoms in total. The molecule has 2 aromatic rings. The maximum atomic E-state index is 12.6. The van der Waals surface area contributed by atoms with Gasteiger partial charge in [-0.2, -0.15) is 5.10 Å². The second kappa shape index (κ2) is 11.6.